The molecule has 0 saturated carbocycles. The van der Waals surface area contributed by atoms with Crippen molar-refractivity contribution in [1.82, 2.24) is 5.32 Å². The predicted octanol–water partition coefficient (Wildman–Crippen LogP) is 0.485. The van der Waals surface area contributed by atoms with Gasteiger partial charge in [-0.15, -0.1) is 0 Å². The molecule has 9 heavy (non-hydrogen) atoms. The van der Waals surface area contributed by atoms with Crippen LogP contribution in [0, 0.1) is 5.92 Å². The fourth-order valence-electron chi connectivity index (χ4n) is 1.01. The molecule has 1 unspecified atom stereocenters. The van der Waals surface area contributed by atoms with Crippen LogP contribution in [-0.4, -0.2) is 24.5 Å². The van der Waals surface area contributed by atoms with Crippen molar-refractivity contribution in [2.24, 2.45) is 5.92 Å². The number of carbonyl (C=O) groups is 1. The molecule has 3 heteroatoms. The SMILES string of the molecule is CSCC1CCNC1=O. The zero-order valence-corrected chi connectivity index (χ0v) is 6.33. The third-order valence-corrected chi connectivity index (χ3v) is 2.27. The molecule has 1 atom stereocenters. The van der Waals surface area contributed by atoms with E-state index in [-0.39, 0.29) is 5.91 Å². The number of rotatable bonds is 2. The van der Waals surface area contributed by atoms with Crippen LogP contribution in [0.15, 0.2) is 0 Å². The number of amides is 1. The first-order valence-corrected chi connectivity index (χ1v) is 4.50. The van der Waals surface area contributed by atoms with Gasteiger partial charge in [0.15, 0.2) is 0 Å². The molecule has 52 valence electrons. The van der Waals surface area contributed by atoms with Crippen molar-refractivity contribution in [1.29, 1.82) is 0 Å². The van der Waals surface area contributed by atoms with Crippen LogP contribution in [-0.2, 0) is 4.79 Å². The van der Waals surface area contributed by atoms with Gasteiger partial charge >= 0.3 is 0 Å². The Morgan fingerprint density at radius 1 is 1.89 bits per heavy atom. The van der Waals surface area contributed by atoms with Gasteiger partial charge in [0.05, 0.1) is 0 Å². The monoisotopic (exact) mass is 145 g/mol. The Kier molecular flexibility index (Phi) is 2.39. The first kappa shape index (κ1) is 6.93. The van der Waals surface area contributed by atoms with E-state index in [0.29, 0.717) is 5.92 Å². The normalized spacial score (nSPS) is 26.3. The second-order valence-electron chi connectivity index (χ2n) is 2.23. The average molecular weight is 145 g/mol. The van der Waals surface area contributed by atoms with E-state index in [0.717, 1.165) is 18.7 Å². The van der Waals surface area contributed by atoms with E-state index in [1.54, 1.807) is 11.8 Å². The summed E-state index contributed by atoms with van der Waals surface area (Å²) in [5.41, 5.74) is 0. The maximum absolute atomic E-state index is 10.8. The minimum Gasteiger partial charge on any atom is -0.356 e. The van der Waals surface area contributed by atoms with Gasteiger partial charge in [0.2, 0.25) is 5.91 Å². The van der Waals surface area contributed by atoms with Gasteiger partial charge in [0.1, 0.15) is 0 Å². The molecular weight excluding hydrogens is 134 g/mol. The molecule has 0 spiro atoms. The quantitative estimate of drug-likeness (QED) is 0.612. The van der Waals surface area contributed by atoms with E-state index >= 15 is 0 Å². The van der Waals surface area contributed by atoms with Crippen molar-refractivity contribution < 1.29 is 4.79 Å². The van der Waals surface area contributed by atoms with Gasteiger partial charge in [-0.05, 0) is 12.7 Å². The van der Waals surface area contributed by atoms with Gasteiger partial charge in [0.25, 0.3) is 0 Å². The van der Waals surface area contributed by atoms with Gasteiger partial charge in [-0.3, -0.25) is 4.79 Å². The van der Waals surface area contributed by atoms with Crippen molar-refractivity contribution in [2.45, 2.75) is 6.42 Å². The summed E-state index contributed by atoms with van der Waals surface area (Å²) < 4.78 is 0. The zero-order valence-electron chi connectivity index (χ0n) is 5.52. The molecule has 1 amide bonds. The van der Waals surface area contributed by atoms with Gasteiger partial charge in [-0.2, -0.15) is 11.8 Å². The van der Waals surface area contributed by atoms with E-state index in [1.165, 1.54) is 0 Å². The molecule has 1 saturated heterocycles. The molecule has 1 N–H and O–H groups in total. The van der Waals surface area contributed by atoms with Gasteiger partial charge in [-0.25, -0.2) is 0 Å². The van der Waals surface area contributed by atoms with E-state index in [9.17, 15) is 4.79 Å². The number of hydrogen-bond acceptors (Lipinski definition) is 2. The van der Waals surface area contributed by atoms with Crippen LogP contribution in [0.5, 0.6) is 0 Å². The lowest BCUT2D eigenvalue weighted by molar-refractivity contribution is -0.121. The predicted molar refractivity (Wildman–Crippen MR) is 39.5 cm³/mol. The lowest BCUT2D eigenvalue weighted by atomic mass is 10.1. The summed E-state index contributed by atoms with van der Waals surface area (Å²) in [7, 11) is 0. The van der Waals surface area contributed by atoms with Gasteiger partial charge < -0.3 is 5.32 Å². The Balaban J connectivity index is 2.31. The van der Waals surface area contributed by atoms with Crippen LogP contribution in [0.25, 0.3) is 0 Å². The summed E-state index contributed by atoms with van der Waals surface area (Å²) in [6, 6.07) is 0. The number of nitrogens with one attached hydrogen (secondary N) is 1. The smallest absolute Gasteiger partial charge is 0.224 e. The summed E-state index contributed by atoms with van der Waals surface area (Å²) in [6.45, 7) is 0.879. The van der Waals surface area contributed by atoms with E-state index < -0.39 is 0 Å². The minimum absolute atomic E-state index is 0.240. The lowest BCUT2D eigenvalue weighted by Gasteiger charge is -2.00. The highest BCUT2D eigenvalue weighted by molar-refractivity contribution is 7.98. The zero-order chi connectivity index (χ0) is 6.69. The second kappa shape index (κ2) is 3.11. The van der Waals surface area contributed by atoms with Gasteiger partial charge in [0, 0.05) is 18.2 Å². The molecule has 1 rings (SSSR count). The maximum atomic E-state index is 10.8. The first-order valence-electron chi connectivity index (χ1n) is 3.11. The molecule has 0 aliphatic carbocycles. The highest BCUT2D eigenvalue weighted by Gasteiger charge is 2.22. The highest BCUT2D eigenvalue weighted by atomic mass is 32.2. The summed E-state index contributed by atoms with van der Waals surface area (Å²) in [5.74, 6) is 1.51. The minimum atomic E-state index is 0.240. The maximum Gasteiger partial charge on any atom is 0.224 e. The fraction of sp³-hybridized carbons (Fsp3) is 0.833. The molecule has 0 radical (unpaired) electrons. The summed E-state index contributed by atoms with van der Waals surface area (Å²) in [6.07, 6.45) is 3.06. The molecule has 0 aromatic heterocycles. The molecule has 1 aliphatic rings. The molecule has 0 aromatic rings. The molecule has 1 heterocycles. The van der Waals surface area contributed by atoms with Crippen LogP contribution in [0.3, 0.4) is 0 Å². The standard InChI is InChI=1S/C6H11NOS/c1-9-4-5-2-3-7-6(5)8/h5H,2-4H2,1H3,(H,7,8). The third-order valence-electron chi connectivity index (χ3n) is 1.53. The van der Waals surface area contributed by atoms with Crippen LogP contribution >= 0.6 is 11.8 Å². The van der Waals surface area contributed by atoms with E-state index in [1.807, 2.05) is 6.26 Å². The Hall–Kier alpha value is -0.180. The average Bonchev–Trinajstić information content (AvgIpc) is 2.18. The molecular formula is C6H11NOS. The van der Waals surface area contributed by atoms with Crippen molar-refractivity contribution in [2.75, 3.05) is 18.6 Å². The van der Waals surface area contributed by atoms with Gasteiger partial charge in [-0.1, -0.05) is 0 Å². The number of thioether (sulfide) groups is 1. The van der Waals surface area contributed by atoms with E-state index in [2.05, 4.69) is 5.32 Å². The van der Waals surface area contributed by atoms with Crippen LogP contribution in [0.4, 0.5) is 0 Å². The number of hydrogen-bond donors (Lipinski definition) is 1. The van der Waals surface area contributed by atoms with Crippen LogP contribution < -0.4 is 5.32 Å². The van der Waals surface area contributed by atoms with Crippen molar-refractivity contribution in [3.05, 3.63) is 0 Å². The summed E-state index contributed by atoms with van der Waals surface area (Å²) in [4.78, 5) is 10.8. The highest BCUT2D eigenvalue weighted by Crippen LogP contribution is 2.13. The van der Waals surface area contributed by atoms with Crippen LogP contribution in [0.1, 0.15) is 6.42 Å². The lowest BCUT2D eigenvalue weighted by Crippen LogP contribution is -2.20. The third kappa shape index (κ3) is 1.61. The summed E-state index contributed by atoms with van der Waals surface area (Å²) >= 11 is 1.74. The van der Waals surface area contributed by atoms with Crippen molar-refractivity contribution in [3.8, 4) is 0 Å². The molecule has 0 aromatic carbocycles. The van der Waals surface area contributed by atoms with Crippen LogP contribution in [0.2, 0.25) is 0 Å². The largest absolute Gasteiger partial charge is 0.356 e. The Morgan fingerprint density at radius 3 is 3.11 bits per heavy atom. The number of carbonyl (C=O) groups excluding carboxylic acids is 1. The molecule has 1 fully saturated rings. The Morgan fingerprint density at radius 2 is 2.67 bits per heavy atom. The summed E-state index contributed by atoms with van der Waals surface area (Å²) in [5, 5.41) is 2.80. The van der Waals surface area contributed by atoms with Crippen molar-refractivity contribution >= 4 is 17.7 Å². The fourth-order valence-corrected chi connectivity index (χ4v) is 1.73. The topological polar surface area (TPSA) is 29.1 Å². The Labute approximate surface area is 59.4 Å². The molecule has 2 nitrogen and oxygen atoms in total. The molecule has 0 bridgehead atoms. The second-order valence-corrected chi connectivity index (χ2v) is 3.14. The Bertz CT molecular complexity index is 116. The first-order chi connectivity index (χ1) is 4.34. The molecule has 1 aliphatic heterocycles. The van der Waals surface area contributed by atoms with E-state index in [4.69, 9.17) is 0 Å². The van der Waals surface area contributed by atoms with Crippen molar-refractivity contribution in [3.63, 3.8) is 0 Å².